The SMILES string of the molecule is CC(CCN)CCc1nc2ncccc2n1C. The number of aromatic nitrogens is 3. The van der Waals surface area contributed by atoms with Crippen LogP contribution in [0.2, 0.25) is 0 Å². The molecule has 0 spiro atoms. The van der Waals surface area contributed by atoms with Gasteiger partial charge in [0.25, 0.3) is 0 Å². The Bertz CT molecular complexity index is 489. The molecule has 0 saturated heterocycles. The Morgan fingerprint density at radius 2 is 2.24 bits per heavy atom. The Kier molecular flexibility index (Phi) is 3.74. The van der Waals surface area contributed by atoms with Crippen LogP contribution in [0.25, 0.3) is 11.2 Å². The summed E-state index contributed by atoms with van der Waals surface area (Å²) in [5, 5.41) is 0. The third-order valence-corrected chi connectivity index (χ3v) is 3.27. The van der Waals surface area contributed by atoms with Gasteiger partial charge in [0.1, 0.15) is 5.82 Å². The maximum absolute atomic E-state index is 5.56. The van der Waals surface area contributed by atoms with Gasteiger partial charge >= 0.3 is 0 Å². The van der Waals surface area contributed by atoms with Gasteiger partial charge in [-0.25, -0.2) is 9.97 Å². The molecule has 0 aliphatic heterocycles. The fourth-order valence-electron chi connectivity index (χ4n) is 2.10. The van der Waals surface area contributed by atoms with E-state index in [2.05, 4.69) is 34.6 Å². The van der Waals surface area contributed by atoms with Crippen molar-refractivity contribution < 1.29 is 0 Å². The van der Waals surface area contributed by atoms with Crippen LogP contribution in [0, 0.1) is 5.92 Å². The lowest BCUT2D eigenvalue weighted by Gasteiger charge is -2.09. The molecular weight excluding hydrogens is 212 g/mol. The molecule has 17 heavy (non-hydrogen) atoms. The van der Waals surface area contributed by atoms with Crippen molar-refractivity contribution in [2.45, 2.75) is 26.2 Å². The highest BCUT2D eigenvalue weighted by atomic mass is 15.1. The molecule has 4 heteroatoms. The van der Waals surface area contributed by atoms with Gasteiger partial charge in [0.05, 0.1) is 5.52 Å². The molecule has 0 saturated carbocycles. The number of nitrogens with zero attached hydrogens (tertiary/aromatic N) is 3. The highest BCUT2D eigenvalue weighted by molar-refractivity contribution is 5.71. The van der Waals surface area contributed by atoms with Gasteiger partial charge in [0, 0.05) is 19.7 Å². The van der Waals surface area contributed by atoms with Crippen LogP contribution in [-0.4, -0.2) is 21.1 Å². The van der Waals surface area contributed by atoms with E-state index in [1.165, 1.54) is 0 Å². The molecule has 4 nitrogen and oxygen atoms in total. The van der Waals surface area contributed by atoms with E-state index in [-0.39, 0.29) is 0 Å². The third-order valence-electron chi connectivity index (χ3n) is 3.27. The molecule has 2 aromatic rings. The number of hydrogen-bond acceptors (Lipinski definition) is 3. The van der Waals surface area contributed by atoms with Gasteiger partial charge < -0.3 is 10.3 Å². The predicted molar refractivity (Wildman–Crippen MR) is 69.7 cm³/mol. The van der Waals surface area contributed by atoms with Crippen LogP contribution in [0.15, 0.2) is 18.3 Å². The first-order valence-corrected chi connectivity index (χ1v) is 6.18. The number of fused-ring (bicyclic) bond motifs is 1. The molecule has 92 valence electrons. The fraction of sp³-hybridized carbons (Fsp3) is 0.538. The van der Waals surface area contributed by atoms with Crippen LogP contribution in [0.4, 0.5) is 0 Å². The Morgan fingerprint density at radius 1 is 1.41 bits per heavy atom. The molecule has 0 fully saturated rings. The van der Waals surface area contributed by atoms with Crippen LogP contribution in [-0.2, 0) is 13.5 Å². The second-order valence-electron chi connectivity index (χ2n) is 4.65. The summed E-state index contributed by atoms with van der Waals surface area (Å²) in [6.07, 6.45) is 5.00. The summed E-state index contributed by atoms with van der Waals surface area (Å²) in [7, 11) is 2.06. The van der Waals surface area contributed by atoms with E-state index in [1.54, 1.807) is 6.20 Å². The fourth-order valence-corrected chi connectivity index (χ4v) is 2.10. The summed E-state index contributed by atoms with van der Waals surface area (Å²) < 4.78 is 2.14. The summed E-state index contributed by atoms with van der Waals surface area (Å²) in [4.78, 5) is 8.84. The van der Waals surface area contributed by atoms with Crippen molar-refractivity contribution in [3.63, 3.8) is 0 Å². The summed E-state index contributed by atoms with van der Waals surface area (Å²) in [5.41, 5.74) is 7.51. The average molecular weight is 232 g/mol. The smallest absolute Gasteiger partial charge is 0.177 e. The maximum Gasteiger partial charge on any atom is 0.177 e. The number of hydrogen-bond donors (Lipinski definition) is 1. The van der Waals surface area contributed by atoms with Crippen LogP contribution in [0.3, 0.4) is 0 Å². The van der Waals surface area contributed by atoms with Gasteiger partial charge in [-0.15, -0.1) is 0 Å². The number of aryl methyl sites for hydroxylation is 2. The molecule has 0 aromatic carbocycles. The zero-order valence-corrected chi connectivity index (χ0v) is 10.6. The molecule has 1 unspecified atom stereocenters. The van der Waals surface area contributed by atoms with Crippen molar-refractivity contribution in [2.75, 3.05) is 6.54 Å². The van der Waals surface area contributed by atoms with E-state index in [4.69, 9.17) is 5.73 Å². The average Bonchev–Trinajstić information content (AvgIpc) is 2.65. The van der Waals surface area contributed by atoms with Gasteiger partial charge in [-0.2, -0.15) is 0 Å². The van der Waals surface area contributed by atoms with Crippen molar-refractivity contribution in [3.8, 4) is 0 Å². The van der Waals surface area contributed by atoms with Crippen molar-refractivity contribution in [1.82, 2.24) is 14.5 Å². The van der Waals surface area contributed by atoms with E-state index >= 15 is 0 Å². The molecule has 0 radical (unpaired) electrons. The van der Waals surface area contributed by atoms with E-state index < -0.39 is 0 Å². The largest absolute Gasteiger partial charge is 0.330 e. The Morgan fingerprint density at radius 3 is 2.94 bits per heavy atom. The minimum atomic E-state index is 0.660. The number of rotatable bonds is 5. The van der Waals surface area contributed by atoms with Gasteiger partial charge in [0.15, 0.2) is 5.65 Å². The van der Waals surface area contributed by atoms with E-state index in [9.17, 15) is 0 Å². The van der Waals surface area contributed by atoms with E-state index in [0.29, 0.717) is 5.92 Å². The molecule has 0 amide bonds. The second-order valence-corrected chi connectivity index (χ2v) is 4.65. The molecule has 1 atom stereocenters. The Labute approximate surface area is 102 Å². The van der Waals surface area contributed by atoms with Gasteiger partial charge in [-0.1, -0.05) is 6.92 Å². The van der Waals surface area contributed by atoms with Crippen molar-refractivity contribution in [2.24, 2.45) is 18.7 Å². The van der Waals surface area contributed by atoms with E-state index in [0.717, 1.165) is 42.8 Å². The first-order valence-electron chi connectivity index (χ1n) is 6.18. The molecule has 2 aromatic heterocycles. The number of imidazole rings is 1. The van der Waals surface area contributed by atoms with Gasteiger partial charge in [-0.3, -0.25) is 0 Å². The highest BCUT2D eigenvalue weighted by Crippen LogP contribution is 2.16. The van der Waals surface area contributed by atoms with E-state index in [1.807, 2.05) is 6.07 Å². The molecule has 0 aliphatic carbocycles. The van der Waals surface area contributed by atoms with Crippen LogP contribution in [0.5, 0.6) is 0 Å². The molecule has 2 N–H and O–H groups in total. The van der Waals surface area contributed by atoms with Crippen LogP contribution < -0.4 is 5.73 Å². The number of nitrogens with two attached hydrogens (primary N) is 1. The maximum atomic E-state index is 5.56. The standard InChI is InChI=1S/C13H20N4/c1-10(7-8-14)5-6-12-16-13-11(17(12)2)4-3-9-15-13/h3-4,9-10H,5-8,14H2,1-2H3. The molecule has 2 heterocycles. The first-order chi connectivity index (χ1) is 8.22. The van der Waals surface area contributed by atoms with Crippen molar-refractivity contribution in [1.29, 1.82) is 0 Å². The van der Waals surface area contributed by atoms with Crippen molar-refractivity contribution in [3.05, 3.63) is 24.2 Å². The van der Waals surface area contributed by atoms with Crippen molar-refractivity contribution >= 4 is 11.2 Å². The highest BCUT2D eigenvalue weighted by Gasteiger charge is 2.09. The van der Waals surface area contributed by atoms with Gasteiger partial charge in [0.2, 0.25) is 0 Å². The molecule has 0 aliphatic rings. The second kappa shape index (κ2) is 5.27. The zero-order chi connectivity index (χ0) is 12.3. The normalized spacial score (nSPS) is 13.1. The number of pyridine rings is 1. The predicted octanol–water partition coefficient (Wildman–Crippen LogP) is 1.89. The molecule has 0 bridgehead atoms. The topological polar surface area (TPSA) is 56.7 Å². The summed E-state index contributed by atoms with van der Waals surface area (Å²) in [5.74, 6) is 1.77. The molecule has 2 rings (SSSR count). The summed E-state index contributed by atoms with van der Waals surface area (Å²) in [6.45, 7) is 3.01. The summed E-state index contributed by atoms with van der Waals surface area (Å²) >= 11 is 0. The van der Waals surface area contributed by atoms with Crippen LogP contribution in [0.1, 0.15) is 25.6 Å². The lowest BCUT2D eigenvalue weighted by molar-refractivity contribution is 0.490. The monoisotopic (exact) mass is 232 g/mol. The first kappa shape index (κ1) is 12.0. The lowest BCUT2D eigenvalue weighted by atomic mass is 10.0. The zero-order valence-electron chi connectivity index (χ0n) is 10.6. The summed E-state index contributed by atoms with van der Waals surface area (Å²) in [6, 6.07) is 4.01. The quantitative estimate of drug-likeness (QED) is 0.856. The minimum absolute atomic E-state index is 0.660. The lowest BCUT2D eigenvalue weighted by Crippen LogP contribution is -2.08. The minimum Gasteiger partial charge on any atom is -0.330 e. The Hall–Kier alpha value is -1.42. The van der Waals surface area contributed by atoms with Crippen LogP contribution >= 0.6 is 0 Å². The Balaban J connectivity index is 2.11. The van der Waals surface area contributed by atoms with Gasteiger partial charge in [-0.05, 0) is 37.4 Å². The third kappa shape index (κ3) is 2.64. The molecular formula is C13H20N4.